The molecule has 4 fully saturated rings. The largest absolute Gasteiger partial charge is 0.497 e. The minimum atomic E-state index is -0.212. The molecule has 2 aliphatic carbocycles. The van der Waals surface area contributed by atoms with Gasteiger partial charge in [0.05, 0.1) is 32.0 Å². The lowest BCUT2D eigenvalue weighted by atomic mass is 9.53. The summed E-state index contributed by atoms with van der Waals surface area (Å²) in [6, 6.07) is 14.7. The molecule has 0 amide bonds. The van der Waals surface area contributed by atoms with Crippen molar-refractivity contribution in [3.8, 4) is 11.5 Å². The molecule has 6 aliphatic rings. The van der Waals surface area contributed by atoms with E-state index in [0.29, 0.717) is 18.0 Å². The van der Waals surface area contributed by atoms with Crippen molar-refractivity contribution in [2.75, 3.05) is 27.4 Å². The fourth-order valence-corrected chi connectivity index (χ4v) is 12.5. The quantitative estimate of drug-likeness (QED) is 0.215. The van der Waals surface area contributed by atoms with E-state index < -0.39 is 0 Å². The summed E-state index contributed by atoms with van der Waals surface area (Å²) in [7, 11) is 3.59. The Hall–Kier alpha value is -2.12. The average Bonchev–Trinajstić information content (AvgIpc) is 3.27. The maximum Gasteiger partial charge on any atom is 0.119 e. The Morgan fingerprint density at radius 1 is 0.623 bits per heavy atom. The van der Waals surface area contributed by atoms with Crippen molar-refractivity contribution in [3.05, 3.63) is 58.7 Å². The predicted molar refractivity (Wildman–Crippen MR) is 214 cm³/mol. The van der Waals surface area contributed by atoms with Crippen LogP contribution in [0.1, 0.15) is 147 Å². The Balaban J connectivity index is 0.818. The summed E-state index contributed by atoms with van der Waals surface area (Å²) in [6.07, 6.45) is 18.0. The van der Waals surface area contributed by atoms with E-state index in [1.54, 1.807) is 25.3 Å². The lowest BCUT2D eigenvalue weighted by molar-refractivity contribution is -0.0838. The van der Waals surface area contributed by atoms with Crippen molar-refractivity contribution in [1.29, 1.82) is 0 Å². The van der Waals surface area contributed by atoms with Gasteiger partial charge >= 0.3 is 0 Å². The van der Waals surface area contributed by atoms with Gasteiger partial charge in [-0.2, -0.15) is 0 Å². The SMILES string of the molecule is COc1ccc2c(c1)[C@@]1(C)CCC3(CCC(C)(C)OCCC(C)(C)OCCC45CCC[C@]6(C)c7cc(OC)ccc7C[C@H](CC4)[C@@H]6N5)CCC(C2)[C@@H]1N3. The molecular weight excluding hydrogens is 657 g/mol. The number of nitrogens with one attached hydrogen (secondary N) is 2. The van der Waals surface area contributed by atoms with E-state index in [4.69, 9.17) is 18.9 Å². The lowest BCUT2D eigenvalue weighted by Gasteiger charge is -2.60. The first kappa shape index (κ1) is 37.8. The topological polar surface area (TPSA) is 61.0 Å². The molecule has 6 nitrogen and oxygen atoms in total. The van der Waals surface area contributed by atoms with Crippen LogP contribution in [0.4, 0.5) is 0 Å². The second kappa shape index (κ2) is 13.8. The van der Waals surface area contributed by atoms with Gasteiger partial charge in [-0.1, -0.05) is 32.4 Å². The molecule has 0 aromatic heterocycles. The van der Waals surface area contributed by atoms with Crippen LogP contribution in [0.5, 0.6) is 11.5 Å². The van der Waals surface area contributed by atoms with Crippen LogP contribution >= 0.6 is 0 Å². The summed E-state index contributed by atoms with van der Waals surface area (Å²) in [5.74, 6) is 3.42. The van der Waals surface area contributed by atoms with Crippen LogP contribution < -0.4 is 20.1 Å². The molecule has 4 bridgehead atoms. The fourth-order valence-electron chi connectivity index (χ4n) is 12.5. The van der Waals surface area contributed by atoms with Gasteiger partial charge in [0.2, 0.25) is 0 Å². The molecule has 53 heavy (non-hydrogen) atoms. The number of hydrogen-bond acceptors (Lipinski definition) is 6. The van der Waals surface area contributed by atoms with E-state index >= 15 is 0 Å². The van der Waals surface area contributed by atoms with Gasteiger partial charge in [0.25, 0.3) is 0 Å². The molecule has 0 spiro atoms. The molecule has 4 heterocycles. The number of methoxy groups -OCH3 is 2. The highest BCUT2D eigenvalue weighted by atomic mass is 16.5. The molecule has 8 rings (SSSR count). The van der Waals surface area contributed by atoms with Crippen LogP contribution in [0, 0.1) is 11.8 Å². The first-order valence-corrected chi connectivity index (χ1v) is 21.4. The summed E-state index contributed by atoms with van der Waals surface area (Å²) in [6.45, 7) is 15.7. The number of ether oxygens (including phenoxy) is 4. The third-order valence-electron chi connectivity index (χ3n) is 16.0. The number of fused-ring (bicyclic) bond motifs is 6. The van der Waals surface area contributed by atoms with Crippen molar-refractivity contribution in [2.24, 2.45) is 11.8 Å². The lowest BCUT2D eigenvalue weighted by Crippen LogP contribution is -2.69. The van der Waals surface area contributed by atoms with E-state index in [1.165, 1.54) is 88.2 Å². The Bertz CT molecular complexity index is 1650. The van der Waals surface area contributed by atoms with Gasteiger partial charge in [0, 0.05) is 40.6 Å². The molecule has 3 unspecified atom stereocenters. The zero-order valence-corrected chi connectivity index (χ0v) is 34.4. The van der Waals surface area contributed by atoms with E-state index in [2.05, 4.69) is 88.6 Å². The zero-order valence-electron chi connectivity index (χ0n) is 34.4. The normalized spacial score (nSPS) is 35.8. The second-order valence-corrected chi connectivity index (χ2v) is 20.3. The average molecular weight is 727 g/mol. The third kappa shape index (κ3) is 6.99. The monoisotopic (exact) mass is 727 g/mol. The molecule has 2 aromatic carbocycles. The summed E-state index contributed by atoms with van der Waals surface area (Å²) >= 11 is 0. The molecule has 2 N–H and O–H groups in total. The predicted octanol–water partition coefficient (Wildman–Crippen LogP) is 9.37. The van der Waals surface area contributed by atoms with Crippen molar-refractivity contribution >= 4 is 0 Å². The van der Waals surface area contributed by atoms with Crippen LogP contribution in [0.15, 0.2) is 36.4 Å². The van der Waals surface area contributed by atoms with Gasteiger partial charge in [-0.05, 0) is 176 Å². The van der Waals surface area contributed by atoms with Crippen LogP contribution in [-0.2, 0) is 33.1 Å². The summed E-state index contributed by atoms with van der Waals surface area (Å²) < 4.78 is 24.7. The third-order valence-corrected chi connectivity index (χ3v) is 16.0. The zero-order chi connectivity index (χ0) is 37.3. The molecule has 292 valence electrons. The molecule has 6 heteroatoms. The molecule has 0 radical (unpaired) electrons. The number of rotatable bonds is 13. The summed E-state index contributed by atoms with van der Waals surface area (Å²) in [5, 5.41) is 8.63. The second-order valence-electron chi connectivity index (χ2n) is 20.3. The van der Waals surface area contributed by atoms with Crippen LogP contribution in [0.2, 0.25) is 0 Å². The molecule has 8 atom stereocenters. The van der Waals surface area contributed by atoms with Gasteiger partial charge in [-0.25, -0.2) is 0 Å². The van der Waals surface area contributed by atoms with Crippen LogP contribution in [0.25, 0.3) is 0 Å². The van der Waals surface area contributed by atoms with E-state index in [0.717, 1.165) is 49.9 Å². The van der Waals surface area contributed by atoms with Crippen molar-refractivity contribution < 1.29 is 18.9 Å². The first-order valence-electron chi connectivity index (χ1n) is 21.4. The van der Waals surface area contributed by atoms with Crippen molar-refractivity contribution in [3.63, 3.8) is 0 Å². The van der Waals surface area contributed by atoms with Gasteiger partial charge in [-0.3, -0.25) is 0 Å². The minimum absolute atomic E-state index is 0.155. The number of hydrogen-bond donors (Lipinski definition) is 2. The van der Waals surface area contributed by atoms with E-state index in [1.807, 2.05) is 0 Å². The minimum Gasteiger partial charge on any atom is -0.497 e. The van der Waals surface area contributed by atoms with E-state index in [-0.39, 0.29) is 33.1 Å². The summed E-state index contributed by atoms with van der Waals surface area (Å²) in [4.78, 5) is 0. The highest BCUT2D eigenvalue weighted by Gasteiger charge is 2.56. The summed E-state index contributed by atoms with van der Waals surface area (Å²) in [5.41, 5.74) is 6.50. The van der Waals surface area contributed by atoms with Crippen LogP contribution in [0.3, 0.4) is 0 Å². The van der Waals surface area contributed by atoms with Crippen molar-refractivity contribution in [2.45, 2.75) is 183 Å². The smallest absolute Gasteiger partial charge is 0.119 e. The van der Waals surface area contributed by atoms with Gasteiger partial charge < -0.3 is 29.6 Å². The highest BCUT2D eigenvalue weighted by Crippen LogP contribution is 2.55. The van der Waals surface area contributed by atoms with Gasteiger partial charge in [0.1, 0.15) is 11.5 Å². The van der Waals surface area contributed by atoms with Gasteiger partial charge in [-0.15, -0.1) is 0 Å². The van der Waals surface area contributed by atoms with E-state index in [9.17, 15) is 0 Å². The molecule has 4 saturated heterocycles. The van der Waals surface area contributed by atoms with Gasteiger partial charge in [0.15, 0.2) is 0 Å². The maximum absolute atomic E-state index is 6.72. The number of benzene rings is 2. The maximum atomic E-state index is 6.72. The molecular formula is C47H70N2O4. The molecule has 2 aromatic rings. The molecule has 4 aliphatic heterocycles. The first-order chi connectivity index (χ1) is 25.2. The Morgan fingerprint density at radius 3 is 1.74 bits per heavy atom. The Kier molecular flexibility index (Phi) is 9.85. The highest BCUT2D eigenvalue weighted by molar-refractivity contribution is 5.46. The Labute approximate surface area is 321 Å². The Morgan fingerprint density at radius 2 is 1.15 bits per heavy atom. The van der Waals surface area contributed by atoms with Crippen LogP contribution in [-0.4, -0.2) is 61.8 Å². The van der Waals surface area contributed by atoms with Crippen molar-refractivity contribution in [1.82, 2.24) is 10.6 Å². The fraction of sp³-hybridized carbons (Fsp3) is 0.745. The molecule has 0 saturated carbocycles. The number of piperidine rings is 3. The standard InChI is InChI=1S/C47H70N2O4/c1-42(2,20-22-47-19-15-35-29-33-11-13-37(51-8)31-39(33)45(6,21-23-47)41(35)49-47)52-26-24-43(3,4)53-27-25-46-17-9-16-44(5)38-30-36(50-7)12-10-32(38)28-34(14-18-46)40(44)48-46/h10-13,30-31,34-35,40-41,48-49H,9,14-29H2,1-8H3/t34-,35?,40-,41-,44+,45+,46?,47?/m0/s1.